The van der Waals surface area contributed by atoms with Gasteiger partial charge in [0.2, 0.25) is 0 Å². The number of alkyl halides is 3. The molecule has 0 radical (unpaired) electrons. The summed E-state index contributed by atoms with van der Waals surface area (Å²) >= 11 is 1.54. The van der Waals surface area contributed by atoms with Gasteiger partial charge in [-0.2, -0.15) is 23.3 Å². The van der Waals surface area contributed by atoms with Crippen molar-refractivity contribution in [3.05, 3.63) is 71.6 Å². The topological polar surface area (TPSA) is 146 Å². The Kier molecular flexibility index (Phi) is 6.66. The molecule has 0 saturated heterocycles. The third-order valence-electron chi connectivity index (χ3n) is 4.94. The Morgan fingerprint density at radius 3 is 2.68 bits per heavy atom. The second kappa shape index (κ2) is 10.2. The first-order valence-electron chi connectivity index (χ1n) is 10.9. The fourth-order valence-corrected chi connectivity index (χ4v) is 4.04. The number of aromatic nitrogens is 6. The van der Waals surface area contributed by atoms with Crippen LogP contribution in [0.4, 0.5) is 41.1 Å². The molecule has 0 unspecified atom stereocenters. The molecule has 2 amide bonds. The lowest BCUT2D eigenvalue weighted by molar-refractivity contribution is -0.138. The van der Waals surface area contributed by atoms with Crippen molar-refractivity contribution in [2.24, 2.45) is 0 Å². The van der Waals surface area contributed by atoms with Crippen LogP contribution in [-0.2, 0) is 6.18 Å². The van der Waals surface area contributed by atoms with Gasteiger partial charge in [-0.3, -0.25) is 10.4 Å². The number of hydrogen-bond acceptors (Lipinski definition) is 8. The highest BCUT2D eigenvalue weighted by atomic mass is 32.1. The number of aromatic amines is 2. The lowest BCUT2D eigenvalue weighted by Gasteiger charge is -2.15. The number of thiophene rings is 1. The SMILES string of the molecule is Cc1cc(Nc2cc(-c3cccs3)[nH]n2)nc(Oc2ccc(NC(=O)Nc3cnc[nH]3)cc2C(F)(F)F)n1. The van der Waals surface area contributed by atoms with E-state index in [1.807, 2.05) is 17.5 Å². The quantitative estimate of drug-likeness (QED) is 0.166. The summed E-state index contributed by atoms with van der Waals surface area (Å²) in [5.74, 6) is 0.474. The molecule has 194 valence electrons. The number of nitrogens with zero attached hydrogens (tertiary/aromatic N) is 4. The van der Waals surface area contributed by atoms with E-state index in [-0.39, 0.29) is 23.3 Å². The number of benzene rings is 1. The molecule has 0 fully saturated rings. The van der Waals surface area contributed by atoms with E-state index in [1.54, 1.807) is 30.4 Å². The Hall–Kier alpha value is -4.92. The van der Waals surface area contributed by atoms with Crippen molar-refractivity contribution in [3.63, 3.8) is 0 Å². The van der Waals surface area contributed by atoms with Crippen LogP contribution in [0.25, 0.3) is 10.6 Å². The predicted octanol–water partition coefficient (Wildman–Crippen LogP) is 6.16. The lowest BCUT2D eigenvalue weighted by Crippen LogP contribution is -2.20. The van der Waals surface area contributed by atoms with Crippen LogP contribution in [0.1, 0.15) is 11.3 Å². The van der Waals surface area contributed by atoms with Crippen molar-refractivity contribution in [1.29, 1.82) is 0 Å². The van der Waals surface area contributed by atoms with Crippen LogP contribution in [0.5, 0.6) is 11.8 Å². The molecule has 5 rings (SSSR count). The maximum absolute atomic E-state index is 13.9. The molecular formula is C23H18F3N9O2S. The number of urea groups is 1. The van der Waals surface area contributed by atoms with E-state index in [0.717, 1.165) is 22.7 Å². The number of nitrogens with one attached hydrogen (secondary N) is 5. The third kappa shape index (κ3) is 5.89. The summed E-state index contributed by atoms with van der Waals surface area (Å²) in [5.41, 5.74) is 0.0268. The summed E-state index contributed by atoms with van der Waals surface area (Å²) < 4.78 is 47.0. The zero-order valence-electron chi connectivity index (χ0n) is 19.4. The van der Waals surface area contributed by atoms with Gasteiger partial charge in [-0.15, -0.1) is 11.3 Å². The van der Waals surface area contributed by atoms with Gasteiger partial charge >= 0.3 is 18.2 Å². The number of halogens is 3. The van der Waals surface area contributed by atoms with Crippen LogP contribution in [0, 0.1) is 6.92 Å². The molecule has 4 aromatic heterocycles. The smallest absolute Gasteiger partial charge is 0.420 e. The molecule has 0 bridgehead atoms. The van der Waals surface area contributed by atoms with Crippen LogP contribution in [0.15, 0.2) is 60.4 Å². The van der Waals surface area contributed by atoms with E-state index in [4.69, 9.17) is 4.74 Å². The second-order valence-electron chi connectivity index (χ2n) is 7.80. The number of anilines is 4. The molecule has 0 spiro atoms. The Balaban J connectivity index is 1.34. The summed E-state index contributed by atoms with van der Waals surface area (Å²) in [6.45, 7) is 1.65. The predicted molar refractivity (Wildman–Crippen MR) is 135 cm³/mol. The van der Waals surface area contributed by atoms with Crippen molar-refractivity contribution in [3.8, 4) is 22.3 Å². The first-order chi connectivity index (χ1) is 18.2. The largest absolute Gasteiger partial charge is 0.424 e. The van der Waals surface area contributed by atoms with Crippen LogP contribution in [0.3, 0.4) is 0 Å². The summed E-state index contributed by atoms with van der Waals surface area (Å²) in [6, 6.07) is 9.27. The molecule has 0 atom stereocenters. The fraction of sp³-hybridized carbons (Fsp3) is 0.0870. The standard InChI is InChI=1S/C23H18F3N9O2S/c1-12-7-18(31-19-9-15(34-35-19)17-3-2-6-38-17)33-22(29-12)37-16-5-4-13(8-14(16)23(24,25)26)30-21(36)32-20-10-27-11-28-20/h2-11H,1H3,(H,27,28)(H2,30,32,36)(H2,29,31,33,34,35). The minimum absolute atomic E-state index is 0.103. The van der Waals surface area contributed by atoms with Gasteiger partial charge in [-0.25, -0.2) is 14.8 Å². The molecule has 0 aliphatic rings. The van der Waals surface area contributed by atoms with E-state index in [0.29, 0.717) is 11.5 Å². The van der Waals surface area contributed by atoms with Gasteiger partial charge in [0.15, 0.2) is 5.82 Å². The number of ether oxygens (including phenoxy) is 1. The van der Waals surface area contributed by atoms with E-state index in [1.165, 1.54) is 18.6 Å². The summed E-state index contributed by atoms with van der Waals surface area (Å²) in [6.07, 6.45) is -2.10. The second-order valence-corrected chi connectivity index (χ2v) is 8.75. The molecular weight excluding hydrogens is 523 g/mol. The number of carbonyl (C=O) groups excluding carboxylic acids is 1. The van der Waals surface area contributed by atoms with Crippen LogP contribution in [-0.4, -0.2) is 36.2 Å². The summed E-state index contributed by atoms with van der Waals surface area (Å²) in [7, 11) is 0. The molecule has 1 aromatic carbocycles. The number of aryl methyl sites for hydroxylation is 1. The van der Waals surface area contributed by atoms with Crippen molar-refractivity contribution < 1.29 is 22.7 Å². The third-order valence-corrected chi connectivity index (χ3v) is 5.85. The molecule has 0 aliphatic heterocycles. The average Bonchev–Trinajstić information content (AvgIpc) is 3.62. The number of hydrogen-bond donors (Lipinski definition) is 5. The molecule has 5 aromatic rings. The molecule has 0 aliphatic carbocycles. The minimum Gasteiger partial charge on any atom is -0.424 e. The Labute approximate surface area is 216 Å². The molecule has 4 heterocycles. The molecule has 5 N–H and O–H groups in total. The maximum Gasteiger partial charge on any atom is 0.420 e. The zero-order valence-corrected chi connectivity index (χ0v) is 20.2. The maximum atomic E-state index is 13.9. The monoisotopic (exact) mass is 541 g/mol. The lowest BCUT2D eigenvalue weighted by atomic mass is 10.1. The first kappa shape index (κ1) is 24.8. The van der Waals surface area contributed by atoms with Gasteiger partial charge in [0.25, 0.3) is 0 Å². The van der Waals surface area contributed by atoms with Crippen molar-refractivity contribution in [2.45, 2.75) is 13.1 Å². The zero-order chi connectivity index (χ0) is 26.7. The molecule has 15 heteroatoms. The number of amides is 2. The van der Waals surface area contributed by atoms with Gasteiger partial charge in [0, 0.05) is 23.5 Å². The van der Waals surface area contributed by atoms with Gasteiger partial charge < -0.3 is 20.4 Å². The van der Waals surface area contributed by atoms with E-state index >= 15 is 0 Å². The van der Waals surface area contributed by atoms with Crippen molar-refractivity contribution in [1.82, 2.24) is 30.1 Å². The van der Waals surface area contributed by atoms with Gasteiger partial charge in [-0.05, 0) is 36.6 Å². The van der Waals surface area contributed by atoms with Gasteiger partial charge in [0.1, 0.15) is 22.9 Å². The first-order valence-corrected chi connectivity index (χ1v) is 11.8. The highest BCUT2D eigenvalue weighted by molar-refractivity contribution is 7.13. The van der Waals surface area contributed by atoms with Gasteiger partial charge in [-0.1, -0.05) is 6.07 Å². The normalized spacial score (nSPS) is 11.3. The molecule has 38 heavy (non-hydrogen) atoms. The van der Waals surface area contributed by atoms with E-state index < -0.39 is 23.5 Å². The summed E-state index contributed by atoms with van der Waals surface area (Å²) in [5, 5.41) is 16.8. The van der Waals surface area contributed by atoms with Crippen LogP contribution in [0.2, 0.25) is 0 Å². The van der Waals surface area contributed by atoms with Crippen LogP contribution < -0.4 is 20.7 Å². The van der Waals surface area contributed by atoms with Crippen molar-refractivity contribution in [2.75, 3.05) is 16.0 Å². The van der Waals surface area contributed by atoms with Gasteiger partial charge in [0.05, 0.1) is 23.1 Å². The number of H-pyrrole nitrogens is 2. The fourth-order valence-electron chi connectivity index (χ4n) is 3.35. The highest BCUT2D eigenvalue weighted by Gasteiger charge is 2.35. The summed E-state index contributed by atoms with van der Waals surface area (Å²) in [4.78, 5) is 27.8. The number of imidazole rings is 1. The number of carbonyl (C=O) groups is 1. The Bertz CT molecular complexity index is 1550. The number of rotatable bonds is 7. The average molecular weight is 542 g/mol. The van der Waals surface area contributed by atoms with Crippen molar-refractivity contribution >= 4 is 40.5 Å². The van der Waals surface area contributed by atoms with E-state index in [9.17, 15) is 18.0 Å². The van der Waals surface area contributed by atoms with Crippen LogP contribution >= 0.6 is 11.3 Å². The molecule has 11 nitrogen and oxygen atoms in total. The Morgan fingerprint density at radius 2 is 1.95 bits per heavy atom. The minimum atomic E-state index is -4.79. The molecule has 0 saturated carbocycles. The highest BCUT2D eigenvalue weighted by Crippen LogP contribution is 2.39. The Morgan fingerprint density at radius 1 is 1.08 bits per heavy atom. The van der Waals surface area contributed by atoms with E-state index in [2.05, 4.69) is 46.1 Å².